The molecule has 3 aromatic rings. The number of amides is 1. The van der Waals surface area contributed by atoms with Crippen molar-refractivity contribution in [2.75, 3.05) is 42.9 Å². The number of anilines is 2. The van der Waals surface area contributed by atoms with Crippen molar-refractivity contribution in [3.63, 3.8) is 0 Å². The van der Waals surface area contributed by atoms with E-state index in [1.54, 1.807) is 6.20 Å². The van der Waals surface area contributed by atoms with E-state index in [1.165, 1.54) is 0 Å². The van der Waals surface area contributed by atoms with Crippen molar-refractivity contribution in [3.05, 3.63) is 54.4 Å². The summed E-state index contributed by atoms with van der Waals surface area (Å²) < 4.78 is 0. The molecule has 0 spiro atoms. The smallest absolute Gasteiger partial charge is 0.224 e. The lowest BCUT2D eigenvalue weighted by atomic mass is 10.2. The summed E-state index contributed by atoms with van der Waals surface area (Å²) in [7, 11) is 0. The Morgan fingerprint density at radius 2 is 1.71 bits per heavy atom. The summed E-state index contributed by atoms with van der Waals surface area (Å²) in [6, 6.07) is 13.7. The highest BCUT2D eigenvalue weighted by atomic mass is 16.2. The molecular weight excluding hydrogens is 352 g/mol. The number of nitrogens with zero attached hydrogens (tertiary/aromatic N) is 5. The van der Waals surface area contributed by atoms with Gasteiger partial charge in [-0.2, -0.15) is 0 Å². The lowest BCUT2D eigenvalue weighted by Crippen LogP contribution is -2.49. The van der Waals surface area contributed by atoms with Crippen LogP contribution in [0, 0.1) is 6.92 Å². The van der Waals surface area contributed by atoms with Crippen LogP contribution in [0.2, 0.25) is 0 Å². The third kappa shape index (κ3) is 4.03. The first-order chi connectivity index (χ1) is 13.7. The summed E-state index contributed by atoms with van der Waals surface area (Å²) in [4.78, 5) is 30.3. The van der Waals surface area contributed by atoms with Crippen molar-refractivity contribution in [1.82, 2.24) is 19.9 Å². The third-order valence-corrected chi connectivity index (χ3v) is 4.98. The third-order valence-electron chi connectivity index (χ3n) is 4.98. The van der Waals surface area contributed by atoms with Crippen molar-refractivity contribution < 1.29 is 4.79 Å². The van der Waals surface area contributed by atoms with Crippen molar-refractivity contribution >= 4 is 28.6 Å². The zero-order chi connectivity index (χ0) is 19.3. The molecule has 2 aromatic heterocycles. The van der Waals surface area contributed by atoms with Crippen LogP contribution in [-0.4, -0.2) is 58.5 Å². The molecule has 0 unspecified atom stereocenters. The maximum absolute atomic E-state index is 12.5. The molecule has 0 atom stereocenters. The van der Waals surface area contributed by atoms with E-state index in [0.29, 0.717) is 13.0 Å². The Bertz CT molecular complexity index is 954. The van der Waals surface area contributed by atoms with Crippen LogP contribution in [0.3, 0.4) is 0 Å². The van der Waals surface area contributed by atoms with Crippen molar-refractivity contribution in [2.24, 2.45) is 0 Å². The Morgan fingerprint density at radius 1 is 1.00 bits per heavy atom. The van der Waals surface area contributed by atoms with E-state index >= 15 is 0 Å². The van der Waals surface area contributed by atoms with Crippen molar-refractivity contribution in [1.29, 1.82) is 0 Å². The number of carbonyl (C=O) groups is 1. The van der Waals surface area contributed by atoms with Crippen LogP contribution >= 0.6 is 0 Å². The van der Waals surface area contributed by atoms with Gasteiger partial charge in [-0.05, 0) is 31.2 Å². The molecule has 1 N–H and O–H groups in total. The fourth-order valence-electron chi connectivity index (χ4n) is 3.43. The molecule has 144 valence electrons. The number of aromatic nitrogens is 3. The molecular formula is C21H24N6O. The number of benzene rings is 1. The fraction of sp³-hybridized carbons (Fsp3) is 0.333. The Balaban J connectivity index is 1.28. The first kappa shape index (κ1) is 18.2. The molecule has 1 fully saturated rings. The molecule has 1 saturated heterocycles. The van der Waals surface area contributed by atoms with E-state index in [4.69, 9.17) is 0 Å². The second-order valence-electron chi connectivity index (χ2n) is 6.88. The molecule has 7 nitrogen and oxygen atoms in total. The largest absolute Gasteiger partial charge is 0.368 e. The van der Waals surface area contributed by atoms with E-state index in [2.05, 4.69) is 25.2 Å². The second-order valence-corrected chi connectivity index (χ2v) is 6.88. The van der Waals surface area contributed by atoms with E-state index in [9.17, 15) is 4.79 Å². The standard InChI is InChI=1S/C21H24N6O/c1-16-21(25-18-7-3-2-6-17(18)24-16)23-11-9-20(28)27-14-12-26(13-15-27)19-8-4-5-10-22-19/h2-8,10H,9,11-15H2,1H3,(H,23,25). The number of pyridine rings is 1. The lowest BCUT2D eigenvalue weighted by Gasteiger charge is -2.35. The van der Waals surface area contributed by atoms with Crippen LogP contribution in [0.5, 0.6) is 0 Å². The van der Waals surface area contributed by atoms with Gasteiger partial charge < -0.3 is 15.1 Å². The Morgan fingerprint density at radius 3 is 2.43 bits per heavy atom. The zero-order valence-electron chi connectivity index (χ0n) is 16.0. The SMILES string of the molecule is Cc1nc2ccccc2nc1NCCC(=O)N1CCN(c2ccccn2)CC1. The van der Waals surface area contributed by atoms with Crippen molar-refractivity contribution in [2.45, 2.75) is 13.3 Å². The number of nitrogens with one attached hydrogen (secondary N) is 1. The summed E-state index contributed by atoms with van der Waals surface area (Å²) in [6.45, 7) is 5.55. The minimum absolute atomic E-state index is 0.166. The van der Waals surface area contributed by atoms with Crippen molar-refractivity contribution in [3.8, 4) is 0 Å². The highest BCUT2D eigenvalue weighted by molar-refractivity contribution is 5.78. The first-order valence-electron chi connectivity index (χ1n) is 9.62. The summed E-state index contributed by atoms with van der Waals surface area (Å²) in [5.41, 5.74) is 2.58. The molecule has 0 saturated carbocycles. The monoisotopic (exact) mass is 376 g/mol. The van der Waals surface area contributed by atoms with Gasteiger partial charge in [0.1, 0.15) is 11.6 Å². The van der Waals surface area contributed by atoms with E-state index in [-0.39, 0.29) is 5.91 Å². The maximum Gasteiger partial charge on any atom is 0.224 e. The van der Waals surface area contributed by atoms with Gasteiger partial charge in [-0.15, -0.1) is 0 Å². The minimum Gasteiger partial charge on any atom is -0.368 e. The van der Waals surface area contributed by atoms with Gasteiger partial charge in [0, 0.05) is 45.3 Å². The summed E-state index contributed by atoms with van der Waals surface area (Å²) in [5.74, 6) is 1.88. The second kappa shape index (κ2) is 8.21. The molecule has 1 aromatic carbocycles. The molecule has 1 aliphatic rings. The van der Waals surface area contributed by atoms with Crippen LogP contribution in [0.15, 0.2) is 48.7 Å². The van der Waals surface area contributed by atoms with E-state index in [1.807, 2.05) is 54.3 Å². The maximum atomic E-state index is 12.5. The highest BCUT2D eigenvalue weighted by Crippen LogP contribution is 2.16. The Labute approximate surface area is 164 Å². The van der Waals surface area contributed by atoms with E-state index in [0.717, 1.165) is 54.5 Å². The van der Waals surface area contributed by atoms with Gasteiger partial charge in [-0.1, -0.05) is 18.2 Å². The van der Waals surface area contributed by atoms with Crippen LogP contribution < -0.4 is 10.2 Å². The minimum atomic E-state index is 0.166. The van der Waals surface area contributed by atoms with Crippen LogP contribution in [-0.2, 0) is 4.79 Å². The average molecular weight is 376 g/mol. The van der Waals surface area contributed by atoms with Gasteiger partial charge >= 0.3 is 0 Å². The number of carbonyl (C=O) groups excluding carboxylic acids is 1. The fourth-order valence-corrected chi connectivity index (χ4v) is 3.43. The van der Waals surface area contributed by atoms with Gasteiger partial charge in [0.05, 0.1) is 16.7 Å². The summed E-state index contributed by atoms with van der Waals surface area (Å²) in [6.07, 6.45) is 2.24. The molecule has 1 aliphatic heterocycles. The molecule has 0 radical (unpaired) electrons. The van der Waals surface area contributed by atoms with Crippen LogP contribution in [0.4, 0.5) is 11.6 Å². The van der Waals surface area contributed by atoms with Gasteiger partial charge in [0.25, 0.3) is 0 Å². The number of fused-ring (bicyclic) bond motifs is 1. The summed E-state index contributed by atoms with van der Waals surface area (Å²) in [5, 5.41) is 3.27. The normalized spacial score (nSPS) is 14.3. The number of rotatable bonds is 5. The average Bonchev–Trinajstić information content (AvgIpc) is 2.75. The molecule has 7 heteroatoms. The van der Waals surface area contributed by atoms with Crippen LogP contribution in [0.1, 0.15) is 12.1 Å². The number of hydrogen-bond donors (Lipinski definition) is 1. The Kier molecular flexibility index (Phi) is 5.32. The number of piperazine rings is 1. The predicted molar refractivity (Wildman–Crippen MR) is 110 cm³/mol. The number of hydrogen-bond acceptors (Lipinski definition) is 6. The molecule has 0 aliphatic carbocycles. The molecule has 3 heterocycles. The lowest BCUT2D eigenvalue weighted by molar-refractivity contribution is -0.131. The highest BCUT2D eigenvalue weighted by Gasteiger charge is 2.21. The molecule has 4 rings (SSSR count). The number of para-hydroxylation sites is 2. The molecule has 0 bridgehead atoms. The van der Waals surface area contributed by atoms with Gasteiger partial charge in [-0.25, -0.2) is 15.0 Å². The van der Waals surface area contributed by atoms with Gasteiger partial charge in [-0.3, -0.25) is 4.79 Å². The molecule has 28 heavy (non-hydrogen) atoms. The van der Waals surface area contributed by atoms with Gasteiger partial charge in [0.2, 0.25) is 5.91 Å². The first-order valence-corrected chi connectivity index (χ1v) is 9.62. The quantitative estimate of drug-likeness (QED) is 0.737. The number of aryl methyl sites for hydroxylation is 1. The topological polar surface area (TPSA) is 74.2 Å². The predicted octanol–water partition coefficient (Wildman–Crippen LogP) is 2.48. The zero-order valence-corrected chi connectivity index (χ0v) is 16.0. The molecule has 1 amide bonds. The van der Waals surface area contributed by atoms with Crippen LogP contribution in [0.25, 0.3) is 11.0 Å². The van der Waals surface area contributed by atoms with Gasteiger partial charge in [0.15, 0.2) is 0 Å². The van der Waals surface area contributed by atoms with E-state index < -0.39 is 0 Å². The summed E-state index contributed by atoms with van der Waals surface area (Å²) >= 11 is 0. The Hall–Kier alpha value is -3.22.